The first-order chi connectivity index (χ1) is 7.94. The minimum absolute atomic E-state index is 0.0491. The van der Waals surface area contributed by atoms with Gasteiger partial charge in [0.2, 0.25) is 0 Å². The Bertz CT molecular complexity index is 302. The SMILES string of the molecule is CCOC([C](=[Cr])NC(C)(C)C)=C1SCCCS1. The van der Waals surface area contributed by atoms with Crippen LogP contribution in [0.25, 0.3) is 0 Å². The normalized spacial score (nSPS) is 16.8. The molecule has 0 radical (unpaired) electrons. The quantitative estimate of drug-likeness (QED) is 0.805. The van der Waals surface area contributed by atoms with Gasteiger partial charge in [-0.2, -0.15) is 0 Å². The van der Waals surface area contributed by atoms with Gasteiger partial charge in [0, 0.05) is 0 Å². The molecular weight excluding hydrogens is 290 g/mol. The molecule has 1 saturated heterocycles. The Morgan fingerprint density at radius 1 is 1.35 bits per heavy atom. The molecule has 1 aliphatic heterocycles. The fourth-order valence-electron chi connectivity index (χ4n) is 1.32. The second kappa shape index (κ2) is 7.26. The van der Waals surface area contributed by atoms with E-state index in [1.54, 1.807) is 0 Å². The zero-order valence-corrected chi connectivity index (χ0v) is 13.9. The maximum absolute atomic E-state index is 5.80. The van der Waals surface area contributed by atoms with Gasteiger partial charge >= 0.3 is 122 Å². The van der Waals surface area contributed by atoms with Gasteiger partial charge in [-0.25, -0.2) is 0 Å². The molecule has 1 rings (SSSR count). The van der Waals surface area contributed by atoms with Crippen LogP contribution in [0.15, 0.2) is 10.00 Å². The van der Waals surface area contributed by atoms with E-state index in [-0.39, 0.29) is 5.54 Å². The summed E-state index contributed by atoms with van der Waals surface area (Å²) in [5, 5.41) is 3.45. The van der Waals surface area contributed by atoms with Crippen molar-refractivity contribution in [3.63, 3.8) is 0 Å². The summed E-state index contributed by atoms with van der Waals surface area (Å²) in [6.07, 6.45) is 1.29. The van der Waals surface area contributed by atoms with Crippen molar-refractivity contribution in [3.05, 3.63) is 10.00 Å². The Labute approximate surface area is 121 Å². The van der Waals surface area contributed by atoms with E-state index in [2.05, 4.69) is 41.9 Å². The van der Waals surface area contributed by atoms with Crippen LogP contribution in [-0.2, 0) is 20.6 Å². The molecule has 0 aromatic rings. The summed E-state index contributed by atoms with van der Waals surface area (Å²) < 4.78 is 8.13. The third-order valence-electron chi connectivity index (χ3n) is 1.92. The van der Waals surface area contributed by atoms with E-state index in [9.17, 15) is 0 Å². The van der Waals surface area contributed by atoms with Crippen LogP contribution in [0.4, 0.5) is 0 Å². The fraction of sp³-hybridized carbons (Fsp3) is 0.750. The average molecular weight is 311 g/mol. The van der Waals surface area contributed by atoms with Crippen molar-refractivity contribution in [1.82, 2.24) is 5.32 Å². The standard InChI is InChI=1S/C12H21NOS2.Cr/c1-5-14-10(9-13-12(2,3)4)11-15-7-6-8-16-11;/h13H,5-8H2,1-4H3;. The molecule has 0 aromatic carbocycles. The van der Waals surface area contributed by atoms with Crippen molar-refractivity contribution < 1.29 is 20.6 Å². The van der Waals surface area contributed by atoms with Gasteiger partial charge in [-0.15, -0.1) is 0 Å². The van der Waals surface area contributed by atoms with E-state index in [0.717, 1.165) is 10.3 Å². The van der Waals surface area contributed by atoms with Crippen LogP contribution in [0, 0.1) is 0 Å². The molecule has 0 amide bonds. The van der Waals surface area contributed by atoms with E-state index < -0.39 is 0 Å². The summed E-state index contributed by atoms with van der Waals surface area (Å²) in [4.78, 5) is 0. The number of ether oxygens (including phenoxy) is 1. The summed E-state index contributed by atoms with van der Waals surface area (Å²) in [5.74, 6) is 3.39. The topological polar surface area (TPSA) is 21.3 Å². The van der Waals surface area contributed by atoms with Gasteiger partial charge in [0.25, 0.3) is 0 Å². The van der Waals surface area contributed by atoms with Crippen LogP contribution in [0.3, 0.4) is 0 Å². The zero-order valence-electron chi connectivity index (χ0n) is 11.0. The van der Waals surface area contributed by atoms with Crippen LogP contribution >= 0.6 is 23.5 Å². The Morgan fingerprint density at radius 3 is 2.41 bits per heavy atom. The summed E-state index contributed by atoms with van der Waals surface area (Å²) in [6.45, 7) is 9.19. The molecule has 0 unspecified atom stereocenters. The van der Waals surface area contributed by atoms with Crippen LogP contribution in [0.2, 0.25) is 0 Å². The van der Waals surface area contributed by atoms with Gasteiger partial charge in [0.15, 0.2) is 0 Å². The Kier molecular flexibility index (Phi) is 6.68. The fourth-order valence-corrected chi connectivity index (χ4v) is 4.81. The number of nitrogens with one attached hydrogen (secondary N) is 1. The molecule has 0 spiro atoms. The van der Waals surface area contributed by atoms with Crippen molar-refractivity contribution in [1.29, 1.82) is 0 Å². The van der Waals surface area contributed by atoms with E-state index in [1.807, 2.05) is 30.4 Å². The maximum atomic E-state index is 5.80. The van der Waals surface area contributed by atoms with Crippen molar-refractivity contribution in [2.45, 2.75) is 39.7 Å². The molecule has 1 heterocycles. The Balaban J connectivity index is 2.80. The molecule has 1 aliphatic rings. The van der Waals surface area contributed by atoms with Crippen LogP contribution in [0.5, 0.6) is 0 Å². The molecule has 0 bridgehead atoms. The number of thioether (sulfide) groups is 2. The van der Waals surface area contributed by atoms with Gasteiger partial charge in [-0.1, -0.05) is 0 Å². The first kappa shape index (κ1) is 15.7. The molecule has 98 valence electrons. The first-order valence-electron chi connectivity index (χ1n) is 5.89. The van der Waals surface area contributed by atoms with Gasteiger partial charge in [-0.3, -0.25) is 0 Å². The van der Waals surface area contributed by atoms with E-state index >= 15 is 0 Å². The Morgan fingerprint density at radius 2 is 1.94 bits per heavy atom. The van der Waals surface area contributed by atoms with Crippen molar-refractivity contribution in [2.24, 2.45) is 0 Å². The monoisotopic (exact) mass is 311 g/mol. The molecule has 0 aliphatic carbocycles. The van der Waals surface area contributed by atoms with E-state index in [1.165, 1.54) is 22.2 Å². The predicted octanol–water partition coefficient (Wildman–Crippen LogP) is 3.13. The molecule has 2 nitrogen and oxygen atoms in total. The van der Waals surface area contributed by atoms with Crippen LogP contribution in [-0.4, -0.2) is 28.2 Å². The van der Waals surface area contributed by atoms with Gasteiger partial charge in [0.05, 0.1) is 0 Å². The molecular formula is C12H21CrNOS2. The second-order valence-corrected chi connectivity index (χ2v) is 7.91. The summed E-state index contributed by atoms with van der Waals surface area (Å²) in [6, 6.07) is 0. The molecule has 0 atom stereocenters. The number of rotatable bonds is 4. The second-order valence-electron chi connectivity index (χ2n) is 4.80. The third-order valence-corrected chi connectivity index (χ3v) is 4.96. The molecule has 1 fully saturated rings. The number of hydrogen-bond donors (Lipinski definition) is 1. The van der Waals surface area contributed by atoms with Gasteiger partial charge < -0.3 is 0 Å². The molecule has 0 aromatic heterocycles. The zero-order chi connectivity index (χ0) is 12.9. The summed E-state index contributed by atoms with van der Waals surface area (Å²) in [5.41, 5.74) is 0.0491. The van der Waals surface area contributed by atoms with Crippen LogP contribution < -0.4 is 5.32 Å². The molecule has 5 heteroatoms. The minimum atomic E-state index is 0.0491. The predicted molar refractivity (Wildman–Crippen MR) is 76.1 cm³/mol. The Hall–Kier alpha value is 0.602. The van der Waals surface area contributed by atoms with Gasteiger partial charge in [0.1, 0.15) is 0 Å². The van der Waals surface area contributed by atoms with Crippen molar-refractivity contribution in [3.8, 4) is 0 Å². The van der Waals surface area contributed by atoms with E-state index in [4.69, 9.17) is 4.74 Å². The van der Waals surface area contributed by atoms with Gasteiger partial charge in [-0.05, 0) is 0 Å². The van der Waals surface area contributed by atoms with Crippen molar-refractivity contribution in [2.75, 3.05) is 18.1 Å². The molecule has 17 heavy (non-hydrogen) atoms. The average Bonchev–Trinajstić information content (AvgIpc) is 2.24. The summed E-state index contributed by atoms with van der Waals surface area (Å²) >= 11 is 6.92. The number of hydrogen-bond acceptors (Lipinski definition) is 4. The first-order valence-corrected chi connectivity index (χ1v) is 8.50. The molecule has 0 saturated carbocycles. The van der Waals surface area contributed by atoms with Crippen LogP contribution in [0.1, 0.15) is 34.1 Å². The third kappa shape index (κ3) is 5.85. The summed E-state index contributed by atoms with van der Waals surface area (Å²) in [7, 11) is 0. The van der Waals surface area contributed by atoms with E-state index in [0.29, 0.717) is 6.61 Å². The van der Waals surface area contributed by atoms with Crippen molar-refractivity contribution >= 4 is 28.0 Å². The molecule has 1 N–H and O–H groups in total.